The molecule has 1 aromatic heterocycles. The number of urea groups is 1. The number of aryl methyl sites for hydroxylation is 2. The van der Waals surface area contributed by atoms with E-state index in [4.69, 9.17) is 9.47 Å². The van der Waals surface area contributed by atoms with Crippen LogP contribution >= 0.6 is 0 Å². The summed E-state index contributed by atoms with van der Waals surface area (Å²) in [5.74, 6) is 3.39. The minimum atomic E-state index is -0.0515. The molecule has 0 bridgehead atoms. The van der Waals surface area contributed by atoms with Crippen molar-refractivity contribution >= 4 is 6.03 Å². The minimum absolute atomic E-state index is 0.0515. The Bertz CT molecular complexity index is 819. The van der Waals surface area contributed by atoms with Gasteiger partial charge < -0.3 is 24.3 Å². The molecule has 138 valence electrons. The number of hydrogen-bond acceptors (Lipinski definition) is 5. The van der Waals surface area contributed by atoms with Crippen molar-refractivity contribution in [1.82, 2.24) is 25.0 Å². The molecule has 1 aromatic carbocycles. The van der Waals surface area contributed by atoms with E-state index in [1.807, 2.05) is 32.0 Å². The predicted molar refractivity (Wildman–Crippen MR) is 94.0 cm³/mol. The second-order valence-corrected chi connectivity index (χ2v) is 6.66. The van der Waals surface area contributed by atoms with E-state index in [1.54, 1.807) is 4.90 Å². The summed E-state index contributed by atoms with van der Waals surface area (Å²) in [6.07, 6.45) is 1.71. The van der Waals surface area contributed by atoms with Crippen LogP contribution in [0.1, 0.15) is 30.6 Å². The van der Waals surface area contributed by atoms with Crippen LogP contribution in [0.3, 0.4) is 0 Å². The number of rotatable bonds is 4. The van der Waals surface area contributed by atoms with E-state index in [0.717, 1.165) is 48.1 Å². The van der Waals surface area contributed by atoms with E-state index in [0.29, 0.717) is 13.1 Å². The van der Waals surface area contributed by atoms with Gasteiger partial charge in [0.15, 0.2) is 11.5 Å². The molecular formula is C18H23N5O3. The highest BCUT2D eigenvalue weighted by atomic mass is 16.7. The van der Waals surface area contributed by atoms with Crippen molar-refractivity contribution in [2.24, 2.45) is 0 Å². The molecule has 1 N–H and O–H groups in total. The van der Waals surface area contributed by atoms with Gasteiger partial charge in [0.2, 0.25) is 6.79 Å². The molecule has 4 rings (SSSR count). The summed E-state index contributed by atoms with van der Waals surface area (Å²) in [7, 11) is 0. The lowest BCUT2D eigenvalue weighted by Gasteiger charge is -2.28. The van der Waals surface area contributed by atoms with Gasteiger partial charge in [-0.05, 0) is 38.0 Å². The highest BCUT2D eigenvalue weighted by molar-refractivity contribution is 5.74. The average Bonchev–Trinajstić information content (AvgIpc) is 3.26. The van der Waals surface area contributed by atoms with Crippen molar-refractivity contribution in [2.75, 3.05) is 13.3 Å². The van der Waals surface area contributed by atoms with Crippen molar-refractivity contribution in [1.29, 1.82) is 0 Å². The van der Waals surface area contributed by atoms with Crippen molar-refractivity contribution < 1.29 is 14.3 Å². The van der Waals surface area contributed by atoms with Crippen LogP contribution in [0.2, 0.25) is 0 Å². The van der Waals surface area contributed by atoms with Crippen LogP contribution in [0.4, 0.5) is 4.79 Å². The summed E-state index contributed by atoms with van der Waals surface area (Å²) in [4.78, 5) is 14.5. The van der Waals surface area contributed by atoms with Crippen LogP contribution in [0.5, 0.6) is 11.5 Å². The Morgan fingerprint density at radius 3 is 3.04 bits per heavy atom. The van der Waals surface area contributed by atoms with Gasteiger partial charge in [0.05, 0.1) is 0 Å². The zero-order valence-corrected chi connectivity index (χ0v) is 15.1. The molecule has 0 aliphatic carbocycles. The molecule has 3 heterocycles. The molecule has 2 amide bonds. The van der Waals surface area contributed by atoms with Gasteiger partial charge >= 0.3 is 6.03 Å². The van der Waals surface area contributed by atoms with Gasteiger partial charge in [0.1, 0.15) is 11.6 Å². The molecule has 0 spiro atoms. The monoisotopic (exact) mass is 357 g/mol. The van der Waals surface area contributed by atoms with E-state index in [-0.39, 0.29) is 18.9 Å². The first kappa shape index (κ1) is 16.7. The van der Waals surface area contributed by atoms with Gasteiger partial charge in [0.25, 0.3) is 0 Å². The highest BCUT2D eigenvalue weighted by Gasteiger charge is 2.24. The zero-order valence-electron chi connectivity index (χ0n) is 15.1. The summed E-state index contributed by atoms with van der Waals surface area (Å²) in [5, 5.41) is 11.4. The Balaban J connectivity index is 1.39. The number of carbonyl (C=O) groups is 1. The number of nitrogens with zero attached hydrogens (tertiary/aromatic N) is 4. The highest BCUT2D eigenvalue weighted by Crippen LogP contribution is 2.32. The lowest BCUT2D eigenvalue weighted by Crippen LogP contribution is -2.47. The van der Waals surface area contributed by atoms with Crippen molar-refractivity contribution in [3.05, 3.63) is 35.4 Å². The lowest BCUT2D eigenvalue weighted by molar-refractivity contribution is 0.173. The summed E-state index contributed by atoms with van der Waals surface area (Å²) in [6.45, 7) is 6.06. The van der Waals surface area contributed by atoms with E-state index >= 15 is 0 Å². The maximum absolute atomic E-state index is 12.7. The lowest BCUT2D eigenvalue weighted by atomic mass is 10.1. The third-order valence-corrected chi connectivity index (χ3v) is 4.94. The van der Waals surface area contributed by atoms with E-state index in [2.05, 4.69) is 20.1 Å². The Kier molecular flexibility index (Phi) is 4.40. The number of amides is 2. The van der Waals surface area contributed by atoms with Crippen LogP contribution < -0.4 is 14.8 Å². The first-order valence-electron chi connectivity index (χ1n) is 8.96. The van der Waals surface area contributed by atoms with Crippen LogP contribution in [-0.2, 0) is 19.5 Å². The van der Waals surface area contributed by atoms with Gasteiger partial charge in [-0.1, -0.05) is 6.07 Å². The number of benzene rings is 1. The van der Waals surface area contributed by atoms with Gasteiger partial charge in [0, 0.05) is 32.1 Å². The maximum Gasteiger partial charge on any atom is 0.317 e. The summed E-state index contributed by atoms with van der Waals surface area (Å²) in [5.41, 5.74) is 1.02. The molecule has 2 aliphatic heterocycles. The molecule has 0 fully saturated rings. The zero-order chi connectivity index (χ0) is 18.1. The topological polar surface area (TPSA) is 81.5 Å². The smallest absolute Gasteiger partial charge is 0.317 e. The fourth-order valence-electron chi connectivity index (χ4n) is 3.43. The minimum Gasteiger partial charge on any atom is -0.454 e. The predicted octanol–water partition coefficient (Wildman–Crippen LogP) is 1.86. The second kappa shape index (κ2) is 6.86. The summed E-state index contributed by atoms with van der Waals surface area (Å²) in [6, 6.07) is 5.84. The number of ether oxygens (including phenoxy) is 2. The number of aromatic nitrogens is 3. The van der Waals surface area contributed by atoms with Gasteiger partial charge in [-0.25, -0.2) is 4.79 Å². The van der Waals surface area contributed by atoms with Crippen molar-refractivity contribution in [2.45, 2.75) is 45.8 Å². The van der Waals surface area contributed by atoms with Crippen molar-refractivity contribution in [3.8, 4) is 11.5 Å². The van der Waals surface area contributed by atoms with Gasteiger partial charge in [-0.2, -0.15) is 0 Å². The first-order valence-corrected chi connectivity index (χ1v) is 8.96. The van der Waals surface area contributed by atoms with E-state index in [1.165, 1.54) is 0 Å². The molecule has 8 nitrogen and oxygen atoms in total. The number of fused-ring (bicyclic) bond motifs is 2. The van der Waals surface area contributed by atoms with E-state index < -0.39 is 0 Å². The summed E-state index contributed by atoms with van der Waals surface area (Å²) < 4.78 is 12.8. The van der Waals surface area contributed by atoms with Crippen LogP contribution in [0.25, 0.3) is 0 Å². The SMILES string of the molecule is CCN(Cc1ccc2c(c1)OCO2)C(=O)NC1CCc2nnc(C)n2C1. The Labute approximate surface area is 152 Å². The molecule has 8 heteroatoms. The number of hydrogen-bond donors (Lipinski definition) is 1. The third kappa shape index (κ3) is 3.18. The van der Waals surface area contributed by atoms with Crippen LogP contribution in [0.15, 0.2) is 18.2 Å². The third-order valence-electron chi connectivity index (χ3n) is 4.94. The molecule has 0 radical (unpaired) electrons. The molecule has 0 saturated heterocycles. The van der Waals surface area contributed by atoms with Gasteiger partial charge in [-0.3, -0.25) is 0 Å². The fourth-order valence-corrected chi connectivity index (χ4v) is 3.43. The first-order chi connectivity index (χ1) is 12.6. The molecule has 2 aliphatic rings. The Hall–Kier alpha value is -2.77. The molecule has 0 saturated carbocycles. The summed E-state index contributed by atoms with van der Waals surface area (Å²) >= 11 is 0. The number of carbonyl (C=O) groups excluding carboxylic acids is 1. The molecule has 2 aromatic rings. The van der Waals surface area contributed by atoms with Crippen molar-refractivity contribution in [3.63, 3.8) is 0 Å². The maximum atomic E-state index is 12.7. The molecule has 1 atom stereocenters. The average molecular weight is 357 g/mol. The molecule has 26 heavy (non-hydrogen) atoms. The normalized spacial score (nSPS) is 17.7. The largest absolute Gasteiger partial charge is 0.454 e. The Morgan fingerprint density at radius 2 is 2.19 bits per heavy atom. The second-order valence-electron chi connectivity index (χ2n) is 6.66. The standard InChI is InChI=1S/C18H23N5O3/c1-3-22(9-13-4-6-15-16(8-13)26-11-25-15)18(24)19-14-5-7-17-21-20-12(2)23(17)10-14/h4,6,8,14H,3,5,7,9-11H2,1-2H3,(H,19,24). The molecular weight excluding hydrogens is 334 g/mol. The fraction of sp³-hybridized carbons (Fsp3) is 0.500. The van der Waals surface area contributed by atoms with Crippen LogP contribution in [0, 0.1) is 6.92 Å². The van der Waals surface area contributed by atoms with Gasteiger partial charge in [-0.15, -0.1) is 10.2 Å². The quantitative estimate of drug-likeness (QED) is 0.903. The molecule has 1 unspecified atom stereocenters. The number of nitrogens with one attached hydrogen (secondary N) is 1. The Morgan fingerprint density at radius 1 is 1.35 bits per heavy atom. The van der Waals surface area contributed by atoms with Crippen LogP contribution in [-0.4, -0.2) is 45.1 Å². The van der Waals surface area contributed by atoms with E-state index in [9.17, 15) is 4.79 Å².